The number of benzene rings is 1. The lowest BCUT2D eigenvalue weighted by Gasteiger charge is -2.26. The summed E-state index contributed by atoms with van der Waals surface area (Å²) in [5, 5.41) is 9.76. The molecule has 1 aromatic heterocycles. The number of aromatic nitrogens is 3. The van der Waals surface area contributed by atoms with Crippen LogP contribution < -0.4 is 19.7 Å². The molecule has 2 aromatic rings. The summed E-state index contributed by atoms with van der Waals surface area (Å²) in [6, 6.07) is 4.91. The third kappa shape index (κ3) is 5.94. The zero-order chi connectivity index (χ0) is 23.0. The van der Waals surface area contributed by atoms with Crippen molar-refractivity contribution in [3.8, 4) is 11.5 Å². The summed E-state index contributed by atoms with van der Waals surface area (Å²) in [6.07, 6.45) is 6.69. The van der Waals surface area contributed by atoms with Crippen LogP contribution >= 0.6 is 0 Å². The molecule has 2 saturated heterocycles. The predicted molar refractivity (Wildman–Crippen MR) is 124 cm³/mol. The van der Waals surface area contributed by atoms with Gasteiger partial charge in [0.1, 0.15) is 0 Å². The van der Waals surface area contributed by atoms with Crippen LogP contribution in [0, 0.1) is 0 Å². The second-order valence-electron chi connectivity index (χ2n) is 8.31. The van der Waals surface area contributed by atoms with Gasteiger partial charge in [0.05, 0.1) is 6.61 Å². The number of anilines is 2. The van der Waals surface area contributed by atoms with Crippen molar-refractivity contribution >= 4 is 23.7 Å². The number of aromatic amines is 1. The fourth-order valence-electron chi connectivity index (χ4n) is 4.13. The van der Waals surface area contributed by atoms with Gasteiger partial charge in [-0.05, 0) is 63.6 Å². The third-order valence-corrected chi connectivity index (χ3v) is 5.91. The van der Waals surface area contributed by atoms with E-state index in [9.17, 15) is 9.59 Å². The van der Waals surface area contributed by atoms with Gasteiger partial charge < -0.3 is 19.3 Å². The van der Waals surface area contributed by atoms with Crippen molar-refractivity contribution in [3.05, 3.63) is 23.8 Å². The van der Waals surface area contributed by atoms with Crippen molar-refractivity contribution in [2.75, 3.05) is 49.6 Å². The van der Waals surface area contributed by atoms with Gasteiger partial charge in [-0.3, -0.25) is 14.9 Å². The van der Waals surface area contributed by atoms with E-state index in [1.807, 2.05) is 11.8 Å². The molecule has 10 nitrogen and oxygen atoms in total. The first-order chi connectivity index (χ1) is 16.1. The lowest BCUT2D eigenvalue weighted by atomic mass is 10.1. The highest BCUT2D eigenvalue weighted by molar-refractivity contribution is 6.03. The number of nitrogens with zero attached hydrogens (tertiary/aromatic N) is 4. The molecule has 2 aliphatic heterocycles. The first kappa shape index (κ1) is 22.9. The summed E-state index contributed by atoms with van der Waals surface area (Å²) in [5.41, 5.74) is 0.393. The average molecular weight is 457 g/mol. The molecule has 1 aromatic carbocycles. The predicted octanol–water partition coefficient (Wildman–Crippen LogP) is 2.84. The van der Waals surface area contributed by atoms with Crippen molar-refractivity contribution in [3.63, 3.8) is 0 Å². The lowest BCUT2D eigenvalue weighted by Crippen LogP contribution is -2.38. The van der Waals surface area contributed by atoms with Gasteiger partial charge in [0.15, 0.2) is 18.1 Å². The minimum Gasteiger partial charge on any atom is -0.490 e. The number of nitrogens with one attached hydrogen (secondary N) is 2. The number of amides is 2. The monoisotopic (exact) mass is 456 g/mol. The Bertz CT molecular complexity index is 950. The SMILES string of the molecule is CCOc1cc(C(=O)Nc2nc(N3CCCCC3)n[nH]2)ccc1OCC(=O)N1CCCCC1. The maximum atomic E-state index is 12.8. The zero-order valence-corrected chi connectivity index (χ0v) is 19.1. The van der Waals surface area contributed by atoms with Crippen molar-refractivity contribution < 1.29 is 19.1 Å². The Morgan fingerprint density at radius 1 is 1.00 bits per heavy atom. The second-order valence-corrected chi connectivity index (χ2v) is 8.31. The molecule has 0 radical (unpaired) electrons. The van der Waals surface area contributed by atoms with Gasteiger partial charge in [-0.15, -0.1) is 5.10 Å². The molecule has 10 heteroatoms. The smallest absolute Gasteiger partial charge is 0.260 e. The Morgan fingerprint density at radius 2 is 1.73 bits per heavy atom. The molecule has 0 unspecified atom stereocenters. The van der Waals surface area contributed by atoms with Crippen LogP contribution in [0.15, 0.2) is 18.2 Å². The van der Waals surface area contributed by atoms with Crippen LogP contribution in [-0.4, -0.2) is 71.3 Å². The molecule has 4 rings (SSSR count). The van der Waals surface area contributed by atoms with Gasteiger partial charge in [0, 0.05) is 31.7 Å². The number of H-pyrrole nitrogens is 1. The highest BCUT2D eigenvalue weighted by Gasteiger charge is 2.20. The number of hydrogen-bond donors (Lipinski definition) is 2. The van der Waals surface area contributed by atoms with Crippen molar-refractivity contribution in [1.29, 1.82) is 0 Å². The Labute approximate surface area is 193 Å². The van der Waals surface area contributed by atoms with Gasteiger partial charge in [0.25, 0.3) is 11.8 Å². The molecule has 2 fully saturated rings. The van der Waals surface area contributed by atoms with Gasteiger partial charge in [-0.2, -0.15) is 4.98 Å². The first-order valence-corrected chi connectivity index (χ1v) is 11.8. The van der Waals surface area contributed by atoms with Gasteiger partial charge in [-0.1, -0.05) is 0 Å². The average Bonchev–Trinajstić information content (AvgIpc) is 3.32. The van der Waals surface area contributed by atoms with Crippen molar-refractivity contribution in [2.24, 2.45) is 0 Å². The number of ether oxygens (including phenoxy) is 2. The summed E-state index contributed by atoms with van der Waals surface area (Å²) >= 11 is 0. The zero-order valence-electron chi connectivity index (χ0n) is 19.1. The Balaban J connectivity index is 1.38. The van der Waals surface area contributed by atoms with Crippen LogP contribution in [0.25, 0.3) is 0 Å². The van der Waals surface area contributed by atoms with E-state index < -0.39 is 0 Å². The molecular formula is C23H32N6O4. The topological polar surface area (TPSA) is 113 Å². The van der Waals surface area contributed by atoms with Crippen LogP contribution in [-0.2, 0) is 4.79 Å². The minimum absolute atomic E-state index is 0.0335. The van der Waals surface area contributed by atoms with E-state index in [0.29, 0.717) is 35.6 Å². The number of hydrogen-bond acceptors (Lipinski definition) is 7. The van der Waals surface area contributed by atoms with Gasteiger partial charge >= 0.3 is 0 Å². The number of carbonyl (C=O) groups excluding carboxylic acids is 2. The summed E-state index contributed by atoms with van der Waals surface area (Å²) in [7, 11) is 0. The lowest BCUT2D eigenvalue weighted by molar-refractivity contribution is -0.134. The Hall–Kier alpha value is -3.30. The van der Waals surface area contributed by atoms with E-state index in [2.05, 4.69) is 25.4 Å². The second kappa shape index (κ2) is 11.0. The molecule has 0 aliphatic carbocycles. The molecule has 0 spiro atoms. The largest absolute Gasteiger partial charge is 0.490 e. The Kier molecular flexibility index (Phi) is 7.64. The molecule has 0 bridgehead atoms. The standard InChI is InChI=1S/C23H32N6O4/c1-2-32-19-15-17(9-10-18(19)33-16-20(30)28-11-5-3-6-12-28)21(31)24-22-25-23(27-26-22)29-13-7-4-8-14-29/h9-10,15H,2-8,11-14,16H2,1H3,(H2,24,25,26,27,31). The van der Waals surface area contributed by atoms with Crippen LogP contribution in [0.5, 0.6) is 11.5 Å². The summed E-state index contributed by atoms with van der Waals surface area (Å²) in [5.74, 6) is 1.38. The fourth-order valence-corrected chi connectivity index (χ4v) is 4.13. The summed E-state index contributed by atoms with van der Waals surface area (Å²) in [4.78, 5) is 33.5. The molecule has 2 aliphatic rings. The van der Waals surface area contributed by atoms with E-state index in [4.69, 9.17) is 9.47 Å². The first-order valence-electron chi connectivity index (χ1n) is 11.8. The Morgan fingerprint density at radius 3 is 2.45 bits per heavy atom. The number of rotatable bonds is 8. The quantitative estimate of drug-likeness (QED) is 0.628. The van der Waals surface area contributed by atoms with Gasteiger partial charge in [-0.25, -0.2) is 5.10 Å². The van der Waals surface area contributed by atoms with E-state index >= 15 is 0 Å². The van der Waals surface area contributed by atoms with Crippen molar-refractivity contribution in [2.45, 2.75) is 45.4 Å². The molecule has 178 valence electrons. The van der Waals surface area contributed by atoms with Gasteiger partial charge in [0.2, 0.25) is 11.9 Å². The maximum absolute atomic E-state index is 12.8. The molecule has 33 heavy (non-hydrogen) atoms. The van der Waals surface area contributed by atoms with E-state index in [1.54, 1.807) is 18.2 Å². The van der Waals surface area contributed by atoms with Crippen molar-refractivity contribution in [1.82, 2.24) is 20.1 Å². The molecule has 2 amide bonds. The van der Waals surface area contributed by atoms with Crippen LogP contribution in [0.2, 0.25) is 0 Å². The molecule has 0 atom stereocenters. The normalized spacial score (nSPS) is 16.4. The van der Waals surface area contributed by atoms with Crippen LogP contribution in [0.3, 0.4) is 0 Å². The number of piperidine rings is 2. The van der Waals surface area contributed by atoms with Crippen LogP contribution in [0.4, 0.5) is 11.9 Å². The molecule has 2 N–H and O–H groups in total. The number of likely N-dealkylation sites (tertiary alicyclic amines) is 1. The fraction of sp³-hybridized carbons (Fsp3) is 0.565. The van der Waals surface area contributed by atoms with Crippen LogP contribution in [0.1, 0.15) is 55.8 Å². The molecular weight excluding hydrogens is 424 g/mol. The van der Waals surface area contributed by atoms with E-state index in [0.717, 1.165) is 58.3 Å². The molecule has 0 saturated carbocycles. The number of carbonyl (C=O) groups is 2. The minimum atomic E-state index is -0.340. The maximum Gasteiger partial charge on any atom is 0.260 e. The third-order valence-electron chi connectivity index (χ3n) is 5.91. The highest BCUT2D eigenvalue weighted by Crippen LogP contribution is 2.29. The summed E-state index contributed by atoms with van der Waals surface area (Å²) in [6.45, 7) is 5.61. The highest BCUT2D eigenvalue weighted by atomic mass is 16.5. The van der Waals surface area contributed by atoms with E-state index in [-0.39, 0.29) is 18.4 Å². The summed E-state index contributed by atoms with van der Waals surface area (Å²) < 4.78 is 11.4. The molecule has 3 heterocycles. The van der Waals surface area contributed by atoms with E-state index in [1.165, 1.54) is 6.42 Å².